The van der Waals surface area contributed by atoms with Gasteiger partial charge in [0.15, 0.2) is 0 Å². The summed E-state index contributed by atoms with van der Waals surface area (Å²) >= 11 is 6.07. The van der Waals surface area contributed by atoms with Crippen molar-refractivity contribution in [2.45, 2.75) is 6.92 Å². The van der Waals surface area contributed by atoms with Crippen molar-refractivity contribution < 1.29 is 13.9 Å². The topological polar surface area (TPSA) is 51.2 Å². The molecule has 2 aromatic carbocycles. The van der Waals surface area contributed by atoms with Crippen LogP contribution in [0.3, 0.4) is 0 Å². The van der Waals surface area contributed by atoms with Crippen LogP contribution in [0.5, 0.6) is 5.75 Å². The fourth-order valence-corrected chi connectivity index (χ4v) is 2.51. The number of fused-ring (bicyclic) bond motifs is 1. The number of aromatic nitrogens is 1. The molecule has 0 saturated heterocycles. The number of carbonyl (C=O) groups excluding carboxylic acids is 1. The van der Waals surface area contributed by atoms with Crippen LogP contribution in [0.25, 0.3) is 10.9 Å². The third kappa shape index (κ3) is 3.46. The van der Waals surface area contributed by atoms with Crippen molar-refractivity contribution in [3.8, 4) is 5.75 Å². The van der Waals surface area contributed by atoms with Gasteiger partial charge in [0.1, 0.15) is 16.7 Å². The molecule has 3 aromatic rings. The summed E-state index contributed by atoms with van der Waals surface area (Å²) in [5, 5.41) is 3.41. The molecule has 0 saturated carbocycles. The molecule has 0 bridgehead atoms. The Bertz CT molecular complexity index is 897. The van der Waals surface area contributed by atoms with E-state index in [1.807, 2.05) is 6.92 Å². The highest BCUT2D eigenvalue weighted by Gasteiger charge is 2.14. The molecule has 1 amide bonds. The molecule has 122 valence electrons. The van der Waals surface area contributed by atoms with Crippen LogP contribution in [0.2, 0.25) is 5.15 Å². The number of pyridine rings is 1. The molecule has 0 aliphatic carbocycles. The first-order valence-electron chi connectivity index (χ1n) is 7.37. The van der Waals surface area contributed by atoms with Gasteiger partial charge in [-0.25, -0.2) is 9.37 Å². The number of anilines is 1. The summed E-state index contributed by atoms with van der Waals surface area (Å²) in [7, 11) is 0. The smallest absolute Gasteiger partial charge is 0.258 e. The van der Waals surface area contributed by atoms with Crippen LogP contribution >= 0.6 is 11.6 Å². The number of nitrogens with zero attached hydrogens (tertiary/aromatic N) is 1. The molecule has 0 fully saturated rings. The summed E-state index contributed by atoms with van der Waals surface area (Å²) in [4.78, 5) is 16.5. The molecule has 0 unspecified atom stereocenters. The first-order chi connectivity index (χ1) is 11.6. The van der Waals surface area contributed by atoms with Crippen LogP contribution in [-0.4, -0.2) is 17.5 Å². The normalized spacial score (nSPS) is 10.6. The van der Waals surface area contributed by atoms with Crippen molar-refractivity contribution in [1.82, 2.24) is 4.98 Å². The second-order valence-electron chi connectivity index (χ2n) is 5.08. The van der Waals surface area contributed by atoms with Gasteiger partial charge in [0.25, 0.3) is 5.91 Å². The van der Waals surface area contributed by atoms with E-state index in [1.165, 1.54) is 12.1 Å². The number of rotatable bonds is 4. The number of hydrogen-bond acceptors (Lipinski definition) is 3. The third-order valence-corrected chi connectivity index (χ3v) is 3.69. The monoisotopic (exact) mass is 344 g/mol. The Hall–Kier alpha value is -2.66. The van der Waals surface area contributed by atoms with Gasteiger partial charge < -0.3 is 10.1 Å². The average Bonchev–Trinajstić information content (AvgIpc) is 2.56. The second kappa shape index (κ2) is 6.84. The van der Waals surface area contributed by atoms with Crippen molar-refractivity contribution in [2.75, 3.05) is 11.9 Å². The summed E-state index contributed by atoms with van der Waals surface area (Å²) in [6.07, 6.45) is 0. The molecule has 3 rings (SSSR count). The van der Waals surface area contributed by atoms with E-state index < -0.39 is 5.82 Å². The van der Waals surface area contributed by atoms with Crippen molar-refractivity contribution >= 4 is 34.1 Å². The van der Waals surface area contributed by atoms with E-state index in [4.69, 9.17) is 16.3 Å². The van der Waals surface area contributed by atoms with Crippen molar-refractivity contribution in [3.05, 3.63) is 65.1 Å². The first-order valence-corrected chi connectivity index (χ1v) is 7.74. The average molecular weight is 345 g/mol. The summed E-state index contributed by atoms with van der Waals surface area (Å²) in [6.45, 7) is 2.47. The molecule has 0 radical (unpaired) electrons. The molecule has 0 aliphatic heterocycles. The molecule has 1 aromatic heterocycles. The number of hydrogen-bond donors (Lipinski definition) is 1. The van der Waals surface area contributed by atoms with Gasteiger partial charge in [0, 0.05) is 17.1 Å². The highest BCUT2D eigenvalue weighted by atomic mass is 35.5. The van der Waals surface area contributed by atoms with Gasteiger partial charge in [-0.05, 0) is 49.4 Å². The zero-order chi connectivity index (χ0) is 17.1. The SMILES string of the molecule is CCOc1ccc(NC(=O)c2cc3ccc(F)cc3nc2Cl)cc1. The first kappa shape index (κ1) is 16.2. The standard InChI is InChI=1S/C18H14ClFN2O2/c1-2-24-14-7-5-13(6-8-14)21-18(23)15-9-11-3-4-12(20)10-16(11)22-17(15)19/h3-10H,2H2,1H3,(H,21,23). The molecule has 4 nitrogen and oxygen atoms in total. The van der Waals surface area contributed by atoms with Crippen molar-refractivity contribution in [2.24, 2.45) is 0 Å². The van der Waals surface area contributed by atoms with E-state index in [-0.39, 0.29) is 16.6 Å². The van der Waals surface area contributed by atoms with E-state index in [9.17, 15) is 9.18 Å². The quantitative estimate of drug-likeness (QED) is 0.699. The predicted octanol–water partition coefficient (Wildman–Crippen LogP) is 4.68. The van der Waals surface area contributed by atoms with E-state index in [0.29, 0.717) is 23.2 Å². The van der Waals surface area contributed by atoms with Crippen LogP contribution in [-0.2, 0) is 0 Å². The zero-order valence-electron chi connectivity index (χ0n) is 12.8. The van der Waals surface area contributed by atoms with E-state index in [2.05, 4.69) is 10.3 Å². The molecular formula is C18H14ClFN2O2. The maximum atomic E-state index is 13.2. The van der Waals surface area contributed by atoms with E-state index >= 15 is 0 Å². The number of nitrogens with one attached hydrogen (secondary N) is 1. The molecule has 24 heavy (non-hydrogen) atoms. The van der Waals surface area contributed by atoms with Gasteiger partial charge in [0.05, 0.1) is 17.7 Å². The van der Waals surface area contributed by atoms with E-state index in [1.54, 1.807) is 36.4 Å². The maximum absolute atomic E-state index is 13.2. The third-order valence-electron chi connectivity index (χ3n) is 3.40. The van der Waals surface area contributed by atoms with Gasteiger partial charge in [-0.2, -0.15) is 0 Å². The van der Waals surface area contributed by atoms with Crippen LogP contribution in [0, 0.1) is 5.82 Å². The molecular weight excluding hydrogens is 331 g/mol. The van der Waals surface area contributed by atoms with Gasteiger partial charge in [-0.1, -0.05) is 11.6 Å². The Kier molecular flexibility index (Phi) is 4.62. The number of halogens is 2. The predicted molar refractivity (Wildman–Crippen MR) is 92.3 cm³/mol. The lowest BCUT2D eigenvalue weighted by Crippen LogP contribution is -2.13. The van der Waals surface area contributed by atoms with Crippen LogP contribution in [0.1, 0.15) is 17.3 Å². The fourth-order valence-electron chi connectivity index (χ4n) is 2.28. The highest BCUT2D eigenvalue weighted by Crippen LogP contribution is 2.23. The van der Waals surface area contributed by atoms with Gasteiger partial charge >= 0.3 is 0 Å². The lowest BCUT2D eigenvalue weighted by molar-refractivity contribution is 0.102. The van der Waals surface area contributed by atoms with Gasteiger partial charge in [-0.3, -0.25) is 4.79 Å². The molecule has 1 N–H and O–H groups in total. The van der Waals surface area contributed by atoms with Crippen molar-refractivity contribution in [3.63, 3.8) is 0 Å². The lowest BCUT2D eigenvalue weighted by atomic mass is 10.1. The fraction of sp³-hybridized carbons (Fsp3) is 0.111. The lowest BCUT2D eigenvalue weighted by Gasteiger charge is -2.09. The Morgan fingerprint density at radius 3 is 2.67 bits per heavy atom. The largest absolute Gasteiger partial charge is 0.494 e. The maximum Gasteiger partial charge on any atom is 0.258 e. The van der Waals surface area contributed by atoms with Gasteiger partial charge in [-0.15, -0.1) is 0 Å². The minimum Gasteiger partial charge on any atom is -0.494 e. The molecule has 0 aliphatic rings. The molecule has 0 atom stereocenters. The number of amides is 1. The van der Waals surface area contributed by atoms with Crippen LogP contribution in [0.15, 0.2) is 48.5 Å². The van der Waals surface area contributed by atoms with Crippen molar-refractivity contribution in [1.29, 1.82) is 0 Å². The van der Waals surface area contributed by atoms with Crippen LogP contribution < -0.4 is 10.1 Å². The highest BCUT2D eigenvalue weighted by molar-refractivity contribution is 6.33. The Morgan fingerprint density at radius 2 is 1.96 bits per heavy atom. The Balaban J connectivity index is 1.85. The van der Waals surface area contributed by atoms with Crippen LogP contribution in [0.4, 0.5) is 10.1 Å². The number of ether oxygens (including phenoxy) is 1. The molecule has 0 spiro atoms. The minimum absolute atomic E-state index is 0.0246. The second-order valence-corrected chi connectivity index (χ2v) is 5.43. The minimum atomic E-state index is -0.405. The number of benzene rings is 2. The van der Waals surface area contributed by atoms with Gasteiger partial charge in [0.2, 0.25) is 0 Å². The zero-order valence-corrected chi connectivity index (χ0v) is 13.6. The summed E-state index contributed by atoms with van der Waals surface area (Å²) in [5.74, 6) is -0.0662. The molecule has 1 heterocycles. The summed E-state index contributed by atoms with van der Waals surface area (Å²) < 4.78 is 18.6. The summed E-state index contributed by atoms with van der Waals surface area (Å²) in [5.41, 5.74) is 1.24. The number of carbonyl (C=O) groups is 1. The summed E-state index contributed by atoms with van der Waals surface area (Å²) in [6, 6.07) is 12.7. The van der Waals surface area contributed by atoms with E-state index in [0.717, 1.165) is 5.75 Å². The Morgan fingerprint density at radius 1 is 1.21 bits per heavy atom. The molecule has 6 heteroatoms. The Labute approximate surface area is 143 Å².